The molecule has 4 rings (SSSR count). The lowest BCUT2D eigenvalue weighted by Gasteiger charge is -2.28. The van der Waals surface area contributed by atoms with Gasteiger partial charge in [-0.1, -0.05) is 12.1 Å². The molecule has 3 aromatic rings. The molecule has 0 spiro atoms. The van der Waals surface area contributed by atoms with E-state index in [9.17, 15) is 14.0 Å². The molecule has 2 aromatic carbocycles. The monoisotopic (exact) mass is 420 g/mol. The van der Waals surface area contributed by atoms with Gasteiger partial charge in [0, 0.05) is 17.4 Å². The fraction of sp³-hybridized carbons (Fsp3) is 0.174. The molecule has 1 atom stereocenters. The standard InChI is InChI=1S/C23H21FN4O3/c1-13(2)31-23(30)18-11-12-26-21-19(18)28(17-9-5-14(6-10-17)20(25)29)22(27-21)15-3-7-16(24)8-4-15/h3-13,22H,1-2H3,(H2,25,29)(H,26,27). The Morgan fingerprint density at radius 2 is 1.77 bits per heavy atom. The zero-order valence-electron chi connectivity index (χ0n) is 17.0. The molecule has 2 heterocycles. The van der Waals surface area contributed by atoms with Crippen molar-refractivity contribution in [2.45, 2.75) is 26.1 Å². The summed E-state index contributed by atoms with van der Waals surface area (Å²) in [6.45, 7) is 3.55. The van der Waals surface area contributed by atoms with E-state index in [0.717, 1.165) is 5.56 Å². The van der Waals surface area contributed by atoms with Crippen molar-refractivity contribution in [3.63, 3.8) is 0 Å². The number of rotatable bonds is 5. The van der Waals surface area contributed by atoms with Gasteiger partial charge in [0.05, 0.1) is 11.7 Å². The minimum absolute atomic E-state index is 0.290. The highest BCUT2D eigenvalue weighted by Crippen LogP contribution is 2.47. The van der Waals surface area contributed by atoms with Crippen molar-refractivity contribution < 1.29 is 18.7 Å². The van der Waals surface area contributed by atoms with Crippen LogP contribution in [0.5, 0.6) is 0 Å². The Bertz CT molecular complexity index is 1130. The molecule has 31 heavy (non-hydrogen) atoms. The maximum Gasteiger partial charge on any atom is 0.340 e. The Hall–Kier alpha value is -3.94. The maximum atomic E-state index is 13.5. The first-order valence-electron chi connectivity index (χ1n) is 9.76. The third kappa shape index (κ3) is 3.92. The van der Waals surface area contributed by atoms with Gasteiger partial charge in [-0.15, -0.1) is 0 Å². The summed E-state index contributed by atoms with van der Waals surface area (Å²) in [5, 5.41) is 3.30. The third-order valence-corrected chi connectivity index (χ3v) is 4.88. The number of carbonyl (C=O) groups excluding carboxylic acids is 2. The Morgan fingerprint density at radius 3 is 2.39 bits per heavy atom. The zero-order chi connectivity index (χ0) is 22.1. The number of halogens is 1. The van der Waals surface area contributed by atoms with Crippen LogP contribution in [0.3, 0.4) is 0 Å². The van der Waals surface area contributed by atoms with Gasteiger partial charge in [0.15, 0.2) is 5.82 Å². The number of amides is 1. The van der Waals surface area contributed by atoms with Crippen molar-refractivity contribution in [1.29, 1.82) is 0 Å². The van der Waals surface area contributed by atoms with Crippen molar-refractivity contribution >= 4 is 29.1 Å². The number of pyridine rings is 1. The predicted octanol–water partition coefficient (Wildman–Crippen LogP) is 4.15. The molecule has 0 aliphatic carbocycles. The van der Waals surface area contributed by atoms with Gasteiger partial charge in [-0.2, -0.15) is 0 Å². The van der Waals surface area contributed by atoms with Crippen molar-refractivity contribution in [2.75, 3.05) is 10.2 Å². The smallest absolute Gasteiger partial charge is 0.340 e. The van der Waals surface area contributed by atoms with Gasteiger partial charge in [0.2, 0.25) is 5.91 Å². The number of nitrogens with two attached hydrogens (primary N) is 1. The summed E-state index contributed by atoms with van der Waals surface area (Å²) in [6.07, 6.45) is 0.780. The van der Waals surface area contributed by atoms with Crippen LogP contribution >= 0.6 is 0 Å². The van der Waals surface area contributed by atoms with Crippen LogP contribution in [0.4, 0.5) is 21.6 Å². The van der Waals surface area contributed by atoms with Crippen LogP contribution in [0, 0.1) is 5.82 Å². The summed E-state index contributed by atoms with van der Waals surface area (Å²) in [7, 11) is 0. The largest absolute Gasteiger partial charge is 0.459 e. The molecule has 1 aliphatic rings. The number of nitrogens with zero attached hydrogens (tertiary/aromatic N) is 2. The first-order chi connectivity index (χ1) is 14.8. The average molecular weight is 420 g/mol. The lowest BCUT2D eigenvalue weighted by atomic mass is 10.1. The average Bonchev–Trinajstić information content (AvgIpc) is 3.13. The minimum Gasteiger partial charge on any atom is -0.459 e. The molecular formula is C23H21FN4O3. The van der Waals surface area contributed by atoms with Crippen LogP contribution in [-0.2, 0) is 4.74 Å². The van der Waals surface area contributed by atoms with Crippen LogP contribution in [-0.4, -0.2) is 23.0 Å². The minimum atomic E-state index is -0.538. The first kappa shape index (κ1) is 20.3. The van der Waals surface area contributed by atoms with E-state index < -0.39 is 18.0 Å². The second kappa shape index (κ2) is 8.06. The molecule has 1 unspecified atom stereocenters. The highest BCUT2D eigenvalue weighted by Gasteiger charge is 2.36. The number of esters is 1. The molecular weight excluding hydrogens is 399 g/mol. The summed E-state index contributed by atoms with van der Waals surface area (Å²) in [4.78, 5) is 30.6. The number of carbonyl (C=O) groups is 2. The number of nitrogens with one attached hydrogen (secondary N) is 1. The van der Waals surface area contributed by atoms with Gasteiger partial charge in [-0.3, -0.25) is 4.79 Å². The molecule has 0 saturated heterocycles. The zero-order valence-corrected chi connectivity index (χ0v) is 17.0. The topological polar surface area (TPSA) is 97.6 Å². The molecule has 3 N–H and O–H groups in total. The summed E-state index contributed by atoms with van der Waals surface area (Å²) >= 11 is 0. The van der Waals surface area contributed by atoms with Crippen LogP contribution in [0.25, 0.3) is 0 Å². The summed E-state index contributed by atoms with van der Waals surface area (Å²) in [5.74, 6) is -0.874. The molecule has 0 radical (unpaired) electrons. The van der Waals surface area contributed by atoms with Crippen molar-refractivity contribution in [1.82, 2.24) is 4.98 Å². The summed E-state index contributed by atoms with van der Waals surface area (Å²) in [5.41, 5.74) is 8.06. The molecule has 1 aromatic heterocycles. The van der Waals surface area contributed by atoms with Gasteiger partial charge < -0.3 is 20.7 Å². The fourth-order valence-corrected chi connectivity index (χ4v) is 3.51. The Labute approximate surface area is 178 Å². The van der Waals surface area contributed by atoms with E-state index in [1.807, 2.05) is 4.90 Å². The summed E-state index contributed by atoms with van der Waals surface area (Å²) in [6, 6.07) is 14.4. The van der Waals surface area contributed by atoms with Crippen molar-refractivity contribution in [2.24, 2.45) is 5.73 Å². The third-order valence-electron chi connectivity index (χ3n) is 4.88. The number of aromatic nitrogens is 1. The Kier molecular flexibility index (Phi) is 5.29. The van der Waals surface area contributed by atoms with Crippen LogP contribution in [0.1, 0.15) is 46.3 Å². The number of hydrogen-bond acceptors (Lipinski definition) is 6. The van der Waals surface area contributed by atoms with Gasteiger partial charge in [0.1, 0.15) is 17.7 Å². The molecule has 0 fully saturated rings. The Balaban J connectivity index is 1.85. The number of hydrogen-bond donors (Lipinski definition) is 2. The normalized spacial score (nSPS) is 14.8. The second-order valence-corrected chi connectivity index (χ2v) is 7.39. The van der Waals surface area contributed by atoms with Gasteiger partial charge in [-0.25, -0.2) is 14.2 Å². The summed E-state index contributed by atoms with van der Waals surface area (Å²) < 4.78 is 18.9. The van der Waals surface area contributed by atoms with Crippen LogP contribution < -0.4 is 16.0 Å². The molecule has 1 amide bonds. The Morgan fingerprint density at radius 1 is 1.10 bits per heavy atom. The van der Waals surface area contributed by atoms with E-state index in [2.05, 4.69) is 10.3 Å². The number of anilines is 3. The highest BCUT2D eigenvalue weighted by atomic mass is 19.1. The first-order valence-corrected chi connectivity index (χ1v) is 9.76. The SMILES string of the molecule is CC(C)OC(=O)c1ccnc2c1N(c1ccc(C(N)=O)cc1)C(c1ccc(F)cc1)N2. The number of benzene rings is 2. The fourth-order valence-electron chi connectivity index (χ4n) is 3.51. The van der Waals surface area contributed by atoms with Crippen molar-refractivity contribution in [3.8, 4) is 0 Å². The lowest BCUT2D eigenvalue weighted by Crippen LogP contribution is -2.25. The quantitative estimate of drug-likeness (QED) is 0.602. The molecule has 158 valence electrons. The van der Waals surface area contributed by atoms with E-state index in [-0.39, 0.29) is 11.9 Å². The highest BCUT2D eigenvalue weighted by molar-refractivity contribution is 6.02. The van der Waals surface area contributed by atoms with Crippen LogP contribution in [0.2, 0.25) is 0 Å². The van der Waals surface area contributed by atoms with E-state index in [4.69, 9.17) is 10.5 Å². The van der Waals surface area contributed by atoms with E-state index >= 15 is 0 Å². The van der Waals surface area contributed by atoms with E-state index in [0.29, 0.717) is 28.3 Å². The lowest BCUT2D eigenvalue weighted by molar-refractivity contribution is 0.0378. The number of fused-ring (bicyclic) bond motifs is 1. The van der Waals surface area contributed by atoms with Gasteiger partial charge in [-0.05, 0) is 61.9 Å². The maximum absolute atomic E-state index is 13.5. The number of primary amides is 1. The van der Waals surface area contributed by atoms with Crippen LogP contribution in [0.15, 0.2) is 60.8 Å². The molecule has 8 heteroatoms. The molecule has 0 saturated carbocycles. The van der Waals surface area contributed by atoms with Gasteiger partial charge in [0.25, 0.3) is 0 Å². The molecule has 1 aliphatic heterocycles. The van der Waals surface area contributed by atoms with Crippen molar-refractivity contribution in [3.05, 3.63) is 83.3 Å². The van der Waals surface area contributed by atoms with E-state index in [1.54, 1.807) is 56.3 Å². The molecule has 7 nitrogen and oxygen atoms in total. The second-order valence-electron chi connectivity index (χ2n) is 7.39. The van der Waals surface area contributed by atoms with E-state index in [1.165, 1.54) is 18.3 Å². The molecule has 0 bridgehead atoms. The van der Waals surface area contributed by atoms with Gasteiger partial charge >= 0.3 is 5.97 Å². The predicted molar refractivity (Wildman–Crippen MR) is 115 cm³/mol. The number of ether oxygens (including phenoxy) is 1.